The SMILES string of the molecule is Cc1nnc(N2CCCC(C)(C(=O)O)C2)c2ccccc12. The van der Waals surface area contributed by atoms with E-state index in [1.165, 1.54) is 0 Å². The Hall–Kier alpha value is -2.17. The molecule has 0 amide bonds. The Kier molecular flexibility index (Phi) is 3.27. The third kappa shape index (κ3) is 2.33. The van der Waals surface area contributed by atoms with E-state index >= 15 is 0 Å². The summed E-state index contributed by atoms with van der Waals surface area (Å²) in [5.74, 6) is 0.0555. The number of nitrogens with zero attached hydrogens (tertiary/aromatic N) is 3. The second-order valence-electron chi connectivity index (χ2n) is 6.05. The Morgan fingerprint density at radius 1 is 1.29 bits per heavy atom. The lowest BCUT2D eigenvalue weighted by Gasteiger charge is -2.38. The van der Waals surface area contributed by atoms with E-state index in [4.69, 9.17) is 0 Å². The molecule has 1 saturated heterocycles. The highest BCUT2D eigenvalue weighted by Crippen LogP contribution is 2.34. The molecule has 0 radical (unpaired) electrons. The van der Waals surface area contributed by atoms with Gasteiger partial charge in [-0.25, -0.2) is 0 Å². The number of rotatable bonds is 2. The van der Waals surface area contributed by atoms with Crippen LogP contribution < -0.4 is 4.90 Å². The maximum absolute atomic E-state index is 11.5. The van der Waals surface area contributed by atoms with Crippen molar-refractivity contribution < 1.29 is 9.90 Å². The number of aliphatic carboxylic acids is 1. The summed E-state index contributed by atoms with van der Waals surface area (Å²) in [6.07, 6.45) is 1.56. The largest absolute Gasteiger partial charge is 0.481 e. The molecule has 5 nitrogen and oxygen atoms in total. The number of aromatic nitrogens is 2. The molecule has 1 atom stereocenters. The number of anilines is 1. The van der Waals surface area contributed by atoms with E-state index in [1.807, 2.05) is 38.1 Å². The molecule has 0 saturated carbocycles. The zero-order chi connectivity index (χ0) is 15.0. The first kappa shape index (κ1) is 13.8. The van der Waals surface area contributed by atoms with Crippen LogP contribution in [-0.2, 0) is 4.79 Å². The summed E-state index contributed by atoms with van der Waals surface area (Å²) in [6, 6.07) is 8.02. The third-order valence-electron chi connectivity index (χ3n) is 4.36. The fourth-order valence-electron chi connectivity index (χ4n) is 3.05. The molecule has 5 heteroatoms. The molecule has 1 N–H and O–H groups in total. The first-order valence-electron chi connectivity index (χ1n) is 7.22. The number of hydrogen-bond donors (Lipinski definition) is 1. The predicted molar refractivity (Wildman–Crippen MR) is 81.5 cm³/mol. The summed E-state index contributed by atoms with van der Waals surface area (Å²) in [4.78, 5) is 13.6. The summed E-state index contributed by atoms with van der Waals surface area (Å²) in [7, 11) is 0. The average molecular weight is 285 g/mol. The summed E-state index contributed by atoms with van der Waals surface area (Å²) in [6.45, 7) is 5.05. The molecule has 110 valence electrons. The number of carboxylic acids is 1. The van der Waals surface area contributed by atoms with Gasteiger partial charge >= 0.3 is 5.97 Å². The van der Waals surface area contributed by atoms with E-state index in [9.17, 15) is 9.90 Å². The molecule has 0 spiro atoms. The molecule has 1 fully saturated rings. The molecular formula is C16H19N3O2. The topological polar surface area (TPSA) is 66.3 Å². The zero-order valence-corrected chi connectivity index (χ0v) is 12.3. The van der Waals surface area contributed by atoms with Gasteiger partial charge in [0.25, 0.3) is 0 Å². The van der Waals surface area contributed by atoms with Crippen LogP contribution in [0.15, 0.2) is 24.3 Å². The van der Waals surface area contributed by atoms with Gasteiger partial charge in [0.15, 0.2) is 5.82 Å². The van der Waals surface area contributed by atoms with Crippen molar-refractivity contribution in [1.82, 2.24) is 10.2 Å². The van der Waals surface area contributed by atoms with Crippen LogP contribution in [0.1, 0.15) is 25.5 Å². The van der Waals surface area contributed by atoms with Gasteiger partial charge in [-0.2, -0.15) is 5.10 Å². The highest BCUT2D eigenvalue weighted by Gasteiger charge is 2.38. The maximum Gasteiger partial charge on any atom is 0.311 e. The molecular weight excluding hydrogens is 266 g/mol. The van der Waals surface area contributed by atoms with Crippen LogP contribution in [0.2, 0.25) is 0 Å². The molecule has 1 unspecified atom stereocenters. The van der Waals surface area contributed by atoms with Crippen molar-refractivity contribution in [2.45, 2.75) is 26.7 Å². The van der Waals surface area contributed by atoms with Crippen LogP contribution in [0.4, 0.5) is 5.82 Å². The Balaban J connectivity index is 2.05. The van der Waals surface area contributed by atoms with E-state index in [0.717, 1.165) is 35.2 Å². The van der Waals surface area contributed by atoms with Crippen molar-refractivity contribution in [3.8, 4) is 0 Å². The van der Waals surface area contributed by atoms with Crippen LogP contribution in [-0.4, -0.2) is 34.4 Å². The van der Waals surface area contributed by atoms with Crippen LogP contribution in [0.25, 0.3) is 10.8 Å². The van der Waals surface area contributed by atoms with Gasteiger partial charge in [0.1, 0.15) is 0 Å². The van der Waals surface area contributed by atoms with Gasteiger partial charge in [0.2, 0.25) is 0 Å². The third-order valence-corrected chi connectivity index (χ3v) is 4.36. The standard InChI is InChI=1S/C16H19N3O2/c1-11-12-6-3-4-7-13(12)14(18-17-11)19-9-5-8-16(2,10-19)15(20)21/h3-4,6-7H,5,8-10H2,1-2H3,(H,20,21). The number of aryl methyl sites for hydroxylation is 1. The molecule has 1 aliphatic rings. The van der Waals surface area contributed by atoms with Gasteiger partial charge in [0, 0.05) is 23.9 Å². The normalized spacial score (nSPS) is 22.5. The van der Waals surface area contributed by atoms with Crippen molar-refractivity contribution in [2.24, 2.45) is 5.41 Å². The van der Waals surface area contributed by atoms with Crippen molar-refractivity contribution in [3.05, 3.63) is 30.0 Å². The first-order chi connectivity index (χ1) is 10.0. The Labute approximate surface area is 123 Å². The fourth-order valence-corrected chi connectivity index (χ4v) is 3.05. The molecule has 2 heterocycles. The monoisotopic (exact) mass is 285 g/mol. The second kappa shape index (κ2) is 4.98. The molecule has 2 aromatic rings. The number of fused-ring (bicyclic) bond motifs is 1. The van der Waals surface area contributed by atoms with Crippen LogP contribution >= 0.6 is 0 Å². The van der Waals surface area contributed by atoms with Gasteiger partial charge in [-0.05, 0) is 26.7 Å². The highest BCUT2D eigenvalue weighted by atomic mass is 16.4. The van der Waals surface area contributed by atoms with Crippen LogP contribution in [0.3, 0.4) is 0 Å². The molecule has 1 aliphatic heterocycles. The van der Waals surface area contributed by atoms with E-state index in [-0.39, 0.29) is 0 Å². The van der Waals surface area contributed by atoms with Crippen molar-refractivity contribution in [1.29, 1.82) is 0 Å². The van der Waals surface area contributed by atoms with Crippen LogP contribution in [0.5, 0.6) is 0 Å². The minimum atomic E-state index is -0.739. The highest BCUT2D eigenvalue weighted by molar-refractivity contribution is 5.93. The van der Waals surface area contributed by atoms with E-state index in [2.05, 4.69) is 15.1 Å². The van der Waals surface area contributed by atoms with E-state index < -0.39 is 11.4 Å². The van der Waals surface area contributed by atoms with Gasteiger partial charge in [-0.15, -0.1) is 5.10 Å². The number of benzene rings is 1. The number of piperidine rings is 1. The molecule has 1 aromatic carbocycles. The Bertz CT molecular complexity index is 701. The summed E-state index contributed by atoms with van der Waals surface area (Å²) < 4.78 is 0. The van der Waals surface area contributed by atoms with Gasteiger partial charge in [0.05, 0.1) is 11.1 Å². The Morgan fingerprint density at radius 2 is 2.00 bits per heavy atom. The molecule has 0 aliphatic carbocycles. The smallest absolute Gasteiger partial charge is 0.311 e. The van der Waals surface area contributed by atoms with Gasteiger partial charge in [-0.1, -0.05) is 24.3 Å². The lowest BCUT2D eigenvalue weighted by Crippen LogP contribution is -2.46. The number of carbonyl (C=O) groups is 1. The van der Waals surface area contributed by atoms with Crippen LogP contribution in [0, 0.1) is 12.3 Å². The van der Waals surface area contributed by atoms with Gasteiger partial charge in [-0.3, -0.25) is 4.79 Å². The fraction of sp³-hybridized carbons (Fsp3) is 0.438. The average Bonchev–Trinajstić information content (AvgIpc) is 2.48. The van der Waals surface area contributed by atoms with Crippen molar-refractivity contribution in [2.75, 3.05) is 18.0 Å². The van der Waals surface area contributed by atoms with Crippen molar-refractivity contribution in [3.63, 3.8) is 0 Å². The summed E-state index contributed by atoms with van der Waals surface area (Å²) in [5, 5.41) is 20.1. The lowest BCUT2D eigenvalue weighted by molar-refractivity contribution is -0.148. The van der Waals surface area contributed by atoms with E-state index in [0.29, 0.717) is 13.0 Å². The number of hydrogen-bond acceptors (Lipinski definition) is 4. The first-order valence-corrected chi connectivity index (χ1v) is 7.22. The number of carboxylic acid groups (broad SMARTS) is 1. The zero-order valence-electron chi connectivity index (χ0n) is 12.3. The Morgan fingerprint density at radius 3 is 2.71 bits per heavy atom. The summed E-state index contributed by atoms with van der Waals surface area (Å²) in [5.41, 5.74) is 0.179. The predicted octanol–water partition coefficient (Wildman–Crippen LogP) is 2.63. The van der Waals surface area contributed by atoms with Gasteiger partial charge < -0.3 is 10.0 Å². The second-order valence-corrected chi connectivity index (χ2v) is 6.05. The summed E-state index contributed by atoms with van der Waals surface area (Å²) >= 11 is 0. The minimum Gasteiger partial charge on any atom is -0.481 e. The molecule has 21 heavy (non-hydrogen) atoms. The maximum atomic E-state index is 11.5. The molecule has 1 aromatic heterocycles. The molecule has 0 bridgehead atoms. The van der Waals surface area contributed by atoms with E-state index in [1.54, 1.807) is 0 Å². The minimum absolute atomic E-state index is 0.476. The molecule has 3 rings (SSSR count). The lowest BCUT2D eigenvalue weighted by atomic mass is 9.82. The quantitative estimate of drug-likeness (QED) is 0.918. The van der Waals surface area contributed by atoms with Crippen molar-refractivity contribution >= 4 is 22.6 Å².